The van der Waals surface area contributed by atoms with Gasteiger partial charge >= 0.3 is 12.1 Å². The fraction of sp³-hybridized carbons (Fsp3) is 0.352. The smallest absolute Gasteiger partial charge is 0.416 e. The van der Waals surface area contributed by atoms with E-state index >= 15 is 0 Å². The Balaban J connectivity index is 0.000000158. The van der Waals surface area contributed by atoms with Crippen molar-refractivity contribution in [2.75, 3.05) is 64.9 Å². The molecule has 5 aromatic carbocycles. The van der Waals surface area contributed by atoms with Gasteiger partial charge in [-0.3, -0.25) is 9.79 Å². The number of alkyl halides is 3. The highest BCUT2D eigenvalue weighted by Gasteiger charge is 2.34. The van der Waals surface area contributed by atoms with E-state index in [4.69, 9.17) is 25.8 Å². The minimum atomic E-state index is -4.33. The van der Waals surface area contributed by atoms with Crippen molar-refractivity contribution in [3.8, 4) is 11.5 Å². The summed E-state index contributed by atoms with van der Waals surface area (Å²) in [7, 11) is 3.82. The number of ketones is 1. The maximum Gasteiger partial charge on any atom is 0.416 e. The molecule has 1 aromatic heterocycles. The van der Waals surface area contributed by atoms with Crippen LogP contribution in [0.2, 0.25) is 5.02 Å². The molecule has 69 heavy (non-hydrogen) atoms. The standard InChI is InChI=1S/C21H24F3N3S.C20H21ClO4.C13H14N2O/c1-25-11-13-26(14-12-25)9-4-10-27-17-5-2-3-6-19(17)28-20-8-7-16(15-18(20)27)21(22,23)24;1-13(2)24-19(23)20(3,4)25-17-11-7-15(8-12-17)18(22)14-5-9-16(21)10-6-14;1-8-13-11(5-6-14-8)10-4-3-9(16-2)7-12(10)15-13/h2-3,5-8,15H,4,9-14H2,1H3;5-13H,1-4H3;3-4,7,15H,5-6H2,1-2H3. The number of methoxy groups -OCH3 is 1. The van der Waals surface area contributed by atoms with Gasteiger partial charge in [0.05, 0.1) is 41.6 Å². The molecule has 9 rings (SSSR count). The lowest BCUT2D eigenvalue weighted by atomic mass is 10.0. The fourth-order valence-corrected chi connectivity index (χ4v) is 9.45. The first-order valence-electron chi connectivity index (χ1n) is 23.1. The van der Waals surface area contributed by atoms with Gasteiger partial charge < -0.3 is 33.9 Å². The summed E-state index contributed by atoms with van der Waals surface area (Å²) in [6.45, 7) is 15.7. The number of aliphatic imine (C=N–C) groups is 1. The highest BCUT2D eigenvalue weighted by molar-refractivity contribution is 7.99. The van der Waals surface area contributed by atoms with E-state index in [0.29, 0.717) is 34.1 Å². The molecule has 3 aliphatic heterocycles. The molecule has 0 bridgehead atoms. The first-order chi connectivity index (χ1) is 32.9. The number of para-hydroxylation sites is 1. The van der Waals surface area contributed by atoms with Crippen LogP contribution in [0.4, 0.5) is 24.5 Å². The topological polar surface area (TPSA) is 99.7 Å². The number of anilines is 2. The van der Waals surface area contributed by atoms with Gasteiger partial charge in [-0.2, -0.15) is 13.2 Å². The number of ether oxygens (including phenoxy) is 3. The molecule has 15 heteroatoms. The molecule has 0 aliphatic carbocycles. The number of nitrogens with zero attached hydrogens (tertiary/aromatic N) is 4. The van der Waals surface area contributed by atoms with Crippen LogP contribution in [0.3, 0.4) is 0 Å². The van der Waals surface area contributed by atoms with Gasteiger partial charge in [0.25, 0.3) is 0 Å². The highest BCUT2D eigenvalue weighted by Crippen LogP contribution is 2.49. The number of fused-ring (bicyclic) bond motifs is 5. The maximum atomic E-state index is 13.3. The quantitative estimate of drug-likeness (QED) is 0.100. The van der Waals surface area contributed by atoms with Crippen LogP contribution >= 0.6 is 23.4 Å². The predicted octanol–water partition coefficient (Wildman–Crippen LogP) is 12.2. The Kier molecular flexibility index (Phi) is 16.5. The molecule has 0 saturated carbocycles. The molecule has 0 amide bonds. The zero-order valence-corrected chi connectivity index (χ0v) is 41.7. The van der Waals surface area contributed by atoms with Crippen LogP contribution < -0.4 is 14.4 Å². The van der Waals surface area contributed by atoms with Crippen molar-refractivity contribution in [1.29, 1.82) is 0 Å². The van der Waals surface area contributed by atoms with E-state index in [1.54, 1.807) is 101 Å². The zero-order valence-electron chi connectivity index (χ0n) is 40.1. The Morgan fingerprint density at radius 3 is 2.14 bits per heavy atom. The van der Waals surface area contributed by atoms with Gasteiger partial charge in [-0.15, -0.1) is 0 Å². The molecule has 364 valence electrons. The number of carbonyl (C=O) groups excluding carboxylic acids is 2. The SMILES string of the molecule is CC(C)OC(=O)C(C)(C)Oc1ccc(C(=O)c2ccc(Cl)cc2)cc1.CN1CCN(CCCN2c3ccccc3Sc3ccc(C(F)(F)F)cc32)CC1.COc1ccc2c3c([nH]c2c1)C(C)=NCC3. The van der Waals surface area contributed by atoms with Crippen LogP contribution in [-0.2, 0) is 22.1 Å². The molecule has 0 spiro atoms. The van der Waals surface area contributed by atoms with Gasteiger partial charge in [-0.1, -0.05) is 35.5 Å². The number of hydrogen-bond donors (Lipinski definition) is 1. The molecule has 1 saturated heterocycles. The number of benzene rings is 5. The van der Waals surface area contributed by atoms with Crippen LogP contribution in [0.25, 0.3) is 10.9 Å². The van der Waals surface area contributed by atoms with Gasteiger partial charge in [0.15, 0.2) is 11.4 Å². The first kappa shape index (κ1) is 51.1. The van der Waals surface area contributed by atoms with E-state index in [1.165, 1.54) is 28.8 Å². The van der Waals surface area contributed by atoms with Crippen LogP contribution in [0, 0.1) is 0 Å². The summed E-state index contributed by atoms with van der Waals surface area (Å²) in [5.74, 6) is 0.824. The second-order valence-electron chi connectivity index (χ2n) is 17.9. The van der Waals surface area contributed by atoms with Crippen LogP contribution in [0.5, 0.6) is 11.5 Å². The molecule has 0 unspecified atom stereocenters. The van der Waals surface area contributed by atoms with E-state index in [1.807, 2.05) is 36.4 Å². The van der Waals surface area contributed by atoms with E-state index in [2.05, 4.69) is 44.7 Å². The summed E-state index contributed by atoms with van der Waals surface area (Å²) in [6.07, 6.45) is -2.60. The van der Waals surface area contributed by atoms with Crippen molar-refractivity contribution in [1.82, 2.24) is 14.8 Å². The lowest BCUT2D eigenvalue weighted by molar-refractivity contribution is -0.163. The molecular formula is C54H59ClF3N5O5S. The van der Waals surface area contributed by atoms with Gasteiger partial charge in [0.1, 0.15) is 11.5 Å². The Morgan fingerprint density at radius 1 is 0.826 bits per heavy atom. The number of piperazine rings is 1. The molecule has 1 N–H and O–H groups in total. The van der Waals surface area contributed by atoms with Crippen LogP contribution in [0.1, 0.15) is 73.8 Å². The second-order valence-corrected chi connectivity index (χ2v) is 19.5. The van der Waals surface area contributed by atoms with Gasteiger partial charge in [-0.05, 0) is 158 Å². The number of esters is 1. The number of rotatable bonds is 11. The summed E-state index contributed by atoms with van der Waals surface area (Å²) < 4.78 is 56.0. The van der Waals surface area contributed by atoms with Gasteiger partial charge in [0.2, 0.25) is 0 Å². The monoisotopic (exact) mass is 981 g/mol. The number of hydrogen-bond acceptors (Lipinski definition) is 10. The Hall–Kier alpha value is -5.80. The highest BCUT2D eigenvalue weighted by atomic mass is 35.5. The first-order valence-corrected chi connectivity index (χ1v) is 24.3. The minimum absolute atomic E-state index is 0.110. The molecule has 0 radical (unpaired) electrons. The van der Waals surface area contributed by atoms with Crippen molar-refractivity contribution in [2.24, 2.45) is 4.99 Å². The van der Waals surface area contributed by atoms with Crippen molar-refractivity contribution in [3.63, 3.8) is 0 Å². The molecule has 1 fully saturated rings. The molecule has 0 atom stereocenters. The fourth-order valence-electron chi connectivity index (χ4n) is 8.25. The zero-order chi connectivity index (χ0) is 49.5. The van der Waals surface area contributed by atoms with Crippen molar-refractivity contribution < 1.29 is 37.0 Å². The summed E-state index contributed by atoms with van der Waals surface area (Å²) in [6, 6.07) is 31.6. The third-order valence-electron chi connectivity index (χ3n) is 12.0. The lowest BCUT2D eigenvalue weighted by Crippen LogP contribution is -2.45. The summed E-state index contributed by atoms with van der Waals surface area (Å²) in [5, 5.41) is 1.88. The lowest BCUT2D eigenvalue weighted by Gasteiger charge is -2.35. The number of aromatic amines is 1. The van der Waals surface area contributed by atoms with Crippen molar-refractivity contribution >= 4 is 63.1 Å². The van der Waals surface area contributed by atoms with Gasteiger partial charge in [0, 0.05) is 82.2 Å². The van der Waals surface area contributed by atoms with Crippen molar-refractivity contribution in [3.05, 3.63) is 142 Å². The summed E-state index contributed by atoms with van der Waals surface area (Å²) >= 11 is 7.38. The number of aromatic nitrogens is 1. The number of carbonyl (C=O) groups is 2. The second kappa shape index (κ2) is 22.3. The molecule has 4 heterocycles. The molecular weight excluding hydrogens is 923 g/mol. The number of nitrogens with one attached hydrogen (secondary N) is 1. The third-order valence-corrected chi connectivity index (χ3v) is 13.4. The number of H-pyrrole nitrogens is 1. The summed E-state index contributed by atoms with van der Waals surface area (Å²) in [5.41, 5.74) is 5.87. The average molecular weight is 983 g/mol. The average Bonchev–Trinajstić information content (AvgIpc) is 3.71. The molecule has 10 nitrogen and oxygen atoms in total. The minimum Gasteiger partial charge on any atom is -0.497 e. The van der Waals surface area contributed by atoms with Crippen LogP contribution in [0.15, 0.2) is 124 Å². The molecule has 6 aromatic rings. The van der Waals surface area contributed by atoms with E-state index in [0.717, 1.165) is 84.6 Å². The van der Waals surface area contributed by atoms with Gasteiger partial charge in [-0.25, -0.2) is 4.79 Å². The summed E-state index contributed by atoms with van der Waals surface area (Å²) in [4.78, 5) is 41.2. The Labute approximate surface area is 411 Å². The number of halogens is 4. The Morgan fingerprint density at radius 2 is 1.48 bits per heavy atom. The van der Waals surface area contributed by atoms with E-state index < -0.39 is 23.3 Å². The maximum absolute atomic E-state index is 13.3. The van der Waals surface area contributed by atoms with E-state index in [9.17, 15) is 22.8 Å². The molecule has 3 aliphatic rings. The normalized spacial score (nSPS) is 14.8. The van der Waals surface area contributed by atoms with Crippen LogP contribution in [-0.4, -0.2) is 104 Å². The Bertz CT molecular complexity index is 2770. The number of likely N-dealkylation sites (N-methyl/N-ethyl adjacent to an activating group) is 1. The third kappa shape index (κ3) is 12.9. The predicted molar refractivity (Wildman–Crippen MR) is 270 cm³/mol. The van der Waals surface area contributed by atoms with Crippen molar-refractivity contribution in [2.45, 2.75) is 75.1 Å². The largest absolute Gasteiger partial charge is 0.497 e. The van der Waals surface area contributed by atoms with E-state index in [-0.39, 0.29) is 11.9 Å².